The summed E-state index contributed by atoms with van der Waals surface area (Å²) in [6.45, 7) is 6.28. The number of nitrogens with zero attached hydrogens (tertiary/aromatic N) is 5. The van der Waals surface area contributed by atoms with Gasteiger partial charge in [-0.25, -0.2) is 4.39 Å². The fourth-order valence-corrected chi connectivity index (χ4v) is 6.65. The Balaban J connectivity index is 1.34. The lowest BCUT2D eigenvalue weighted by atomic mass is 10.0. The van der Waals surface area contributed by atoms with E-state index in [0.717, 1.165) is 62.6 Å². The number of phenolic OH excluding ortho intramolecular Hbond substituents is 1. The monoisotopic (exact) mass is 528 g/mol. The Morgan fingerprint density at radius 2 is 1.90 bits per heavy atom. The van der Waals surface area contributed by atoms with E-state index in [1.54, 1.807) is 18.3 Å². The van der Waals surface area contributed by atoms with Gasteiger partial charge in [0.1, 0.15) is 29.4 Å². The van der Waals surface area contributed by atoms with Gasteiger partial charge in [0.05, 0.1) is 5.39 Å². The van der Waals surface area contributed by atoms with Crippen LogP contribution in [-0.4, -0.2) is 75.9 Å². The number of phenols is 1. The topological polar surface area (TPSA) is 86.6 Å². The van der Waals surface area contributed by atoms with Crippen LogP contribution in [0.4, 0.5) is 10.2 Å². The van der Waals surface area contributed by atoms with Crippen molar-refractivity contribution in [2.75, 3.05) is 37.7 Å². The van der Waals surface area contributed by atoms with E-state index < -0.39 is 5.82 Å². The second kappa shape index (κ2) is 9.88. The van der Waals surface area contributed by atoms with Gasteiger partial charge in [0, 0.05) is 43.0 Å². The Bertz CT molecular complexity index is 1540. The van der Waals surface area contributed by atoms with Crippen molar-refractivity contribution in [1.29, 1.82) is 0 Å². The first-order chi connectivity index (χ1) is 19.1. The van der Waals surface area contributed by atoms with Crippen molar-refractivity contribution in [2.24, 2.45) is 0 Å². The van der Waals surface area contributed by atoms with E-state index in [9.17, 15) is 5.11 Å². The highest BCUT2D eigenvalue weighted by molar-refractivity contribution is 5.99. The predicted octanol–water partition coefficient (Wildman–Crippen LogP) is 4.49. The van der Waals surface area contributed by atoms with Crippen LogP contribution in [-0.2, 0) is 0 Å². The van der Waals surface area contributed by atoms with Gasteiger partial charge in [0.2, 0.25) is 0 Å². The number of nitrogens with one attached hydrogen (secondary N) is 1. The molecule has 5 heterocycles. The maximum atomic E-state index is 16.4. The van der Waals surface area contributed by atoms with Crippen molar-refractivity contribution in [3.63, 3.8) is 0 Å². The molecule has 7 rings (SSSR count). The highest BCUT2D eigenvalue weighted by Crippen LogP contribution is 2.37. The number of aromatic hydroxyl groups is 1. The quantitative estimate of drug-likeness (QED) is 0.379. The summed E-state index contributed by atoms with van der Waals surface area (Å²) in [7, 11) is 0. The standard InChI is InChI=1S/C30H33FN6O2/c1-2-36-11-5-7-21(36)17-39-30-34-28-25(29(35-30)37-15-19-9-10-20(16-37)33-19)14-32-27(26(28)31)24-13-22(38)12-18-6-3-4-8-23(18)24/h3-4,6,8,12-14,19-21,33,38H,2,5,7,9-11,15-17H2,1H3/t19-,20+,21?. The largest absolute Gasteiger partial charge is 0.508 e. The third-order valence-electron chi connectivity index (χ3n) is 8.57. The van der Waals surface area contributed by atoms with E-state index in [2.05, 4.69) is 32.0 Å². The molecule has 1 unspecified atom stereocenters. The molecule has 4 aromatic rings. The Morgan fingerprint density at radius 1 is 1.08 bits per heavy atom. The number of likely N-dealkylation sites (tertiary alicyclic amines) is 1. The molecular weight excluding hydrogens is 495 g/mol. The van der Waals surface area contributed by atoms with Gasteiger partial charge in [-0.1, -0.05) is 31.2 Å². The summed E-state index contributed by atoms with van der Waals surface area (Å²) in [5, 5.41) is 16.2. The smallest absolute Gasteiger partial charge is 0.319 e. The highest BCUT2D eigenvalue weighted by Gasteiger charge is 2.34. The summed E-state index contributed by atoms with van der Waals surface area (Å²) in [6.07, 6.45) is 6.15. The number of hydrogen-bond acceptors (Lipinski definition) is 8. The van der Waals surface area contributed by atoms with Crippen molar-refractivity contribution in [3.05, 3.63) is 48.4 Å². The molecule has 3 aliphatic heterocycles. The molecule has 0 radical (unpaired) electrons. The molecule has 9 heteroatoms. The van der Waals surface area contributed by atoms with Crippen molar-refractivity contribution in [2.45, 2.75) is 50.7 Å². The van der Waals surface area contributed by atoms with Gasteiger partial charge in [-0.3, -0.25) is 9.88 Å². The Kier molecular flexibility index (Phi) is 6.20. The minimum Gasteiger partial charge on any atom is -0.508 e. The van der Waals surface area contributed by atoms with Gasteiger partial charge >= 0.3 is 6.01 Å². The number of rotatable bonds is 6. The number of anilines is 1. The van der Waals surface area contributed by atoms with Crippen molar-refractivity contribution < 1.29 is 14.2 Å². The van der Waals surface area contributed by atoms with Crippen LogP contribution >= 0.6 is 0 Å². The van der Waals surface area contributed by atoms with Crippen LogP contribution < -0.4 is 15.0 Å². The fourth-order valence-electron chi connectivity index (χ4n) is 6.65. The summed E-state index contributed by atoms with van der Waals surface area (Å²) in [5.74, 6) is 0.197. The summed E-state index contributed by atoms with van der Waals surface area (Å²) in [5.41, 5.74) is 0.869. The van der Waals surface area contributed by atoms with Crippen molar-refractivity contribution >= 4 is 27.5 Å². The van der Waals surface area contributed by atoms with Gasteiger partial charge in [0.15, 0.2) is 5.82 Å². The number of piperazine rings is 1. The normalized spacial score (nSPS) is 23.2. The number of pyridine rings is 1. The van der Waals surface area contributed by atoms with Gasteiger partial charge in [0.25, 0.3) is 0 Å². The van der Waals surface area contributed by atoms with Gasteiger partial charge in [-0.2, -0.15) is 9.97 Å². The zero-order chi connectivity index (χ0) is 26.5. The molecule has 0 spiro atoms. The molecule has 0 saturated carbocycles. The molecule has 202 valence electrons. The van der Waals surface area contributed by atoms with E-state index in [4.69, 9.17) is 9.72 Å². The van der Waals surface area contributed by atoms with E-state index >= 15 is 4.39 Å². The van der Waals surface area contributed by atoms with E-state index in [1.165, 1.54) is 0 Å². The van der Waals surface area contributed by atoms with E-state index in [-0.39, 0.29) is 23.0 Å². The molecule has 3 atom stereocenters. The lowest BCUT2D eigenvalue weighted by Crippen LogP contribution is -2.51. The highest BCUT2D eigenvalue weighted by atomic mass is 19.1. The number of likely N-dealkylation sites (N-methyl/N-ethyl adjacent to an activating group) is 1. The second-order valence-corrected chi connectivity index (χ2v) is 11.0. The zero-order valence-corrected chi connectivity index (χ0v) is 22.1. The van der Waals surface area contributed by atoms with Crippen LogP contribution in [0.3, 0.4) is 0 Å². The third-order valence-corrected chi connectivity index (χ3v) is 8.57. The summed E-state index contributed by atoms with van der Waals surface area (Å²) >= 11 is 0. The maximum absolute atomic E-state index is 16.4. The summed E-state index contributed by atoms with van der Waals surface area (Å²) < 4.78 is 22.6. The first kappa shape index (κ1) is 24.5. The average molecular weight is 529 g/mol. The maximum Gasteiger partial charge on any atom is 0.319 e. The molecule has 2 N–H and O–H groups in total. The second-order valence-electron chi connectivity index (χ2n) is 11.0. The van der Waals surface area contributed by atoms with Gasteiger partial charge < -0.3 is 20.1 Å². The SMILES string of the molecule is CCN1CCCC1COc1nc(N2C[C@H]3CC[C@@H](C2)N3)c2cnc(-c3cc(O)cc4ccccc34)c(F)c2n1. The van der Waals surface area contributed by atoms with Crippen LogP contribution in [0.2, 0.25) is 0 Å². The number of halogens is 1. The number of hydrogen-bond donors (Lipinski definition) is 2. The molecule has 2 bridgehead atoms. The van der Waals surface area contributed by atoms with Crippen LogP contribution in [0.15, 0.2) is 42.6 Å². The Morgan fingerprint density at radius 3 is 2.72 bits per heavy atom. The third kappa shape index (κ3) is 4.43. The van der Waals surface area contributed by atoms with Crippen LogP contribution in [0.25, 0.3) is 32.9 Å². The molecular formula is C30H33FN6O2. The number of ether oxygens (including phenoxy) is 1. The number of aromatic nitrogens is 3. The molecule has 2 aromatic heterocycles. The van der Waals surface area contributed by atoms with Crippen LogP contribution in [0.5, 0.6) is 11.8 Å². The van der Waals surface area contributed by atoms with Crippen LogP contribution in [0, 0.1) is 5.82 Å². The predicted molar refractivity (Wildman–Crippen MR) is 150 cm³/mol. The van der Waals surface area contributed by atoms with Crippen molar-refractivity contribution in [1.82, 2.24) is 25.2 Å². The van der Waals surface area contributed by atoms with E-state index in [1.807, 2.05) is 24.3 Å². The van der Waals surface area contributed by atoms with Gasteiger partial charge in [-0.05, 0) is 61.7 Å². The minimum atomic E-state index is -0.536. The summed E-state index contributed by atoms with van der Waals surface area (Å²) in [4.78, 5) is 18.7. The lowest BCUT2D eigenvalue weighted by molar-refractivity contribution is 0.170. The zero-order valence-electron chi connectivity index (χ0n) is 22.1. The summed E-state index contributed by atoms with van der Waals surface area (Å²) in [6, 6.07) is 12.1. The lowest BCUT2D eigenvalue weighted by Gasteiger charge is -2.34. The van der Waals surface area contributed by atoms with Crippen molar-refractivity contribution in [3.8, 4) is 23.0 Å². The average Bonchev–Trinajstić information content (AvgIpc) is 3.56. The van der Waals surface area contributed by atoms with Crippen LogP contribution in [0.1, 0.15) is 32.6 Å². The molecule has 0 aliphatic carbocycles. The molecule has 39 heavy (non-hydrogen) atoms. The molecule has 8 nitrogen and oxygen atoms in total. The molecule has 3 fully saturated rings. The fraction of sp³-hybridized carbons (Fsp3) is 0.433. The Hall–Kier alpha value is -3.56. The first-order valence-corrected chi connectivity index (χ1v) is 14.0. The first-order valence-electron chi connectivity index (χ1n) is 14.0. The molecule has 3 saturated heterocycles. The molecule has 0 amide bonds. The molecule has 2 aromatic carbocycles. The van der Waals surface area contributed by atoms with Gasteiger partial charge in [-0.15, -0.1) is 0 Å². The van der Waals surface area contributed by atoms with E-state index in [0.29, 0.717) is 41.5 Å². The Labute approximate surface area is 226 Å². The number of benzene rings is 2. The molecule has 3 aliphatic rings. The minimum absolute atomic E-state index is 0.0609. The number of fused-ring (bicyclic) bond motifs is 4.